The first kappa shape index (κ1) is 12.7. The Morgan fingerprint density at radius 3 is 2.77 bits per heavy atom. The van der Waals surface area contributed by atoms with Crippen LogP contribution >= 0.6 is 0 Å². The quantitative estimate of drug-likeness (QED) is 0.683. The van der Waals surface area contributed by atoms with E-state index in [1.807, 2.05) is 30.3 Å². The molecule has 0 fully saturated rings. The third-order valence-corrected chi connectivity index (χ3v) is 3.34. The maximum atomic E-state index is 6.42. The minimum Gasteiger partial charge on any atom is -0.457 e. The second-order valence-electron chi connectivity index (χ2n) is 4.88. The highest BCUT2D eigenvalue weighted by molar-refractivity contribution is 6.03. The second kappa shape index (κ2) is 4.79. The van der Waals surface area contributed by atoms with Gasteiger partial charge in [-0.2, -0.15) is 10.8 Å². The van der Waals surface area contributed by atoms with Gasteiger partial charge in [0, 0.05) is 0 Å². The fourth-order valence-electron chi connectivity index (χ4n) is 2.30. The maximum Gasteiger partial charge on any atom is 0.377 e. The molecule has 1 aromatic heterocycles. The number of furan rings is 1. The number of para-hydroxylation sites is 1. The number of quaternary nitrogens is 1. The maximum absolute atomic E-state index is 6.42. The van der Waals surface area contributed by atoms with Crippen LogP contribution in [0.3, 0.4) is 0 Å². The number of hydrogen-bond acceptors (Lipinski definition) is 7. The van der Waals surface area contributed by atoms with E-state index in [0.29, 0.717) is 23.3 Å². The lowest BCUT2D eigenvalue weighted by Gasteiger charge is -2.32. The van der Waals surface area contributed by atoms with Gasteiger partial charge in [0.25, 0.3) is 0 Å². The van der Waals surface area contributed by atoms with Crippen molar-refractivity contribution in [3.63, 3.8) is 0 Å². The number of hydrogen-bond donors (Lipinski definition) is 1. The van der Waals surface area contributed by atoms with E-state index in [1.165, 1.54) is 11.4 Å². The molecule has 0 saturated heterocycles. The summed E-state index contributed by atoms with van der Waals surface area (Å²) in [5, 5.41) is 9.66. The van der Waals surface area contributed by atoms with Gasteiger partial charge in [0.2, 0.25) is 12.4 Å². The van der Waals surface area contributed by atoms with E-state index in [9.17, 15) is 0 Å². The molecule has 0 spiro atoms. The molecule has 4 rings (SSSR count). The monoisotopic (exact) mass is 297 g/mol. The van der Waals surface area contributed by atoms with Gasteiger partial charge >= 0.3 is 11.8 Å². The number of rotatable bonds is 3. The highest BCUT2D eigenvalue weighted by Crippen LogP contribution is 2.23. The molecule has 22 heavy (non-hydrogen) atoms. The number of fused-ring (bicyclic) bond motifs is 1. The highest BCUT2D eigenvalue weighted by Gasteiger charge is 2.49. The normalized spacial score (nSPS) is 23.0. The van der Waals surface area contributed by atoms with Crippen molar-refractivity contribution in [2.24, 2.45) is 21.0 Å². The molecule has 0 bridgehead atoms. The zero-order chi connectivity index (χ0) is 15.0. The molecule has 1 aromatic carbocycles. The molecular weight excluding hydrogens is 284 g/mol. The molecule has 0 aliphatic carbocycles. The number of benzene rings is 1. The van der Waals surface area contributed by atoms with Gasteiger partial charge in [-0.3, -0.25) is 0 Å². The van der Waals surface area contributed by atoms with E-state index < -0.39 is 0 Å². The van der Waals surface area contributed by atoms with E-state index in [-0.39, 0.29) is 11.3 Å². The molecule has 1 atom stereocenters. The smallest absolute Gasteiger partial charge is 0.377 e. The van der Waals surface area contributed by atoms with Crippen molar-refractivity contribution in [1.29, 1.82) is 0 Å². The zero-order valence-corrected chi connectivity index (χ0v) is 11.5. The Bertz CT molecular complexity index is 768. The third kappa shape index (κ3) is 1.98. The molecular formula is C14H13N6O2+. The summed E-state index contributed by atoms with van der Waals surface area (Å²) in [5.41, 5.74) is 0. The van der Waals surface area contributed by atoms with Gasteiger partial charge in [-0.15, -0.1) is 9.66 Å². The van der Waals surface area contributed by atoms with Crippen LogP contribution in [0.1, 0.15) is 5.76 Å². The number of hydroxylamine groups is 2. The molecule has 3 heterocycles. The lowest BCUT2D eigenvalue weighted by Crippen LogP contribution is -2.66. The van der Waals surface area contributed by atoms with Gasteiger partial charge in [-0.25, -0.2) is 0 Å². The minimum absolute atomic E-state index is 0.198. The predicted molar refractivity (Wildman–Crippen MR) is 79.4 cm³/mol. The largest absolute Gasteiger partial charge is 0.457 e. The van der Waals surface area contributed by atoms with Gasteiger partial charge in [-0.05, 0) is 24.3 Å². The number of aliphatic imine (C=N–C) groups is 1. The summed E-state index contributed by atoms with van der Waals surface area (Å²) in [5.74, 6) is 8.54. The summed E-state index contributed by atoms with van der Waals surface area (Å²) in [7, 11) is 0. The summed E-state index contributed by atoms with van der Waals surface area (Å²) in [4.78, 5) is 9.96. The van der Waals surface area contributed by atoms with Crippen LogP contribution in [0, 0.1) is 0 Å². The number of guanidine groups is 1. The Morgan fingerprint density at radius 1 is 1.14 bits per heavy atom. The first-order valence-electron chi connectivity index (χ1n) is 6.67. The van der Waals surface area contributed by atoms with Crippen LogP contribution in [-0.2, 0) is 0 Å². The highest BCUT2D eigenvalue weighted by atomic mass is 16.7. The Morgan fingerprint density at radius 2 is 2.00 bits per heavy atom. The van der Waals surface area contributed by atoms with E-state index in [2.05, 4.69) is 15.2 Å². The summed E-state index contributed by atoms with van der Waals surface area (Å²) in [6.07, 6.45) is 3.10. The van der Waals surface area contributed by atoms with Crippen LogP contribution in [-0.4, -0.2) is 34.5 Å². The Hall–Kier alpha value is -2.97. The molecule has 2 aliphatic rings. The van der Waals surface area contributed by atoms with Crippen LogP contribution in [0.2, 0.25) is 0 Å². The molecule has 8 nitrogen and oxygen atoms in total. The lowest BCUT2D eigenvalue weighted by molar-refractivity contribution is -0.777. The molecule has 0 amide bonds. The first-order chi connectivity index (χ1) is 10.8. The Balaban J connectivity index is 1.60. The van der Waals surface area contributed by atoms with Gasteiger partial charge in [-0.1, -0.05) is 28.4 Å². The standard InChI is InChI=1S/C14H13N6O2/c15-20-10-19(22-11-5-2-1-3-6-11)9-16-14(20)18-17-13(20)12-7-4-8-21-12/h1-9H,10,15H2/q+1. The average Bonchev–Trinajstić information content (AvgIpc) is 3.14. The van der Waals surface area contributed by atoms with Crippen LogP contribution in [0.15, 0.2) is 68.3 Å². The molecule has 2 aliphatic heterocycles. The zero-order valence-electron chi connectivity index (χ0n) is 11.5. The van der Waals surface area contributed by atoms with Gasteiger partial charge < -0.3 is 9.25 Å². The topological polar surface area (TPSA) is 88.7 Å². The molecule has 110 valence electrons. The van der Waals surface area contributed by atoms with E-state index in [0.717, 1.165) is 0 Å². The molecule has 2 aromatic rings. The summed E-state index contributed by atoms with van der Waals surface area (Å²) < 4.78 is 5.18. The third-order valence-electron chi connectivity index (χ3n) is 3.34. The summed E-state index contributed by atoms with van der Waals surface area (Å²) >= 11 is 0. The SMILES string of the molecule is N[N+]12CN(Oc3ccccc3)C=NC1=NN=C2c1ccco1. The van der Waals surface area contributed by atoms with Crippen molar-refractivity contribution in [3.8, 4) is 5.75 Å². The van der Waals surface area contributed by atoms with Gasteiger partial charge in [0.15, 0.2) is 5.75 Å². The number of nitrogens with two attached hydrogens (primary N) is 1. The lowest BCUT2D eigenvalue weighted by atomic mass is 10.3. The van der Waals surface area contributed by atoms with Crippen molar-refractivity contribution in [2.75, 3.05) is 6.67 Å². The van der Waals surface area contributed by atoms with E-state index >= 15 is 0 Å². The van der Waals surface area contributed by atoms with Crippen molar-refractivity contribution in [2.45, 2.75) is 0 Å². The minimum atomic E-state index is -0.198. The van der Waals surface area contributed by atoms with Crippen LogP contribution in [0.5, 0.6) is 5.75 Å². The van der Waals surface area contributed by atoms with Crippen molar-refractivity contribution >= 4 is 18.1 Å². The van der Waals surface area contributed by atoms with Crippen molar-refractivity contribution in [1.82, 2.24) is 5.06 Å². The van der Waals surface area contributed by atoms with Crippen LogP contribution < -0.4 is 10.7 Å². The van der Waals surface area contributed by atoms with E-state index in [1.54, 1.807) is 18.4 Å². The number of amidine groups is 1. The van der Waals surface area contributed by atoms with Gasteiger partial charge in [0.05, 0.1) is 6.26 Å². The molecule has 1 unspecified atom stereocenters. The Kier molecular flexibility index (Phi) is 2.78. The van der Waals surface area contributed by atoms with Crippen molar-refractivity contribution in [3.05, 3.63) is 54.5 Å². The molecule has 8 heteroatoms. The van der Waals surface area contributed by atoms with Crippen molar-refractivity contribution < 1.29 is 13.8 Å². The second-order valence-corrected chi connectivity index (χ2v) is 4.88. The summed E-state index contributed by atoms with van der Waals surface area (Å²) in [6.45, 7) is 0.275. The van der Waals surface area contributed by atoms with Gasteiger partial charge in [0.1, 0.15) is 6.34 Å². The Labute approximate surface area is 125 Å². The molecule has 0 radical (unpaired) electrons. The molecule has 2 N–H and O–H groups in total. The number of nitrogens with zero attached hydrogens (tertiary/aromatic N) is 5. The first-order valence-corrected chi connectivity index (χ1v) is 6.67. The predicted octanol–water partition coefficient (Wildman–Crippen LogP) is 1.30. The molecule has 0 saturated carbocycles. The fourth-order valence-corrected chi connectivity index (χ4v) is 2.30. The average molecular weight is 297 g/mol. The van der Waals surface area contributed by atoms with E-state index in [4.69, 9.17) is 15.1 Å². The van der Waals surface area contributed by atoms with Crippen LogP contribution in [0.4, 0.5) is 0 Å². The summed E-state index contributed by atoms with van der Waals surface area (Å²) in [6, 6.07) is 13.0. The van der Waals surface area contributed by atoms with Crippen LogP contribution in [0.25, 0.3) is 0 Å². The fraction of sp³-hybridized carbons (Fsp3) is 0.0714.